The van der Waals surface area contributed by atoms with Crippen LogP contribution in [0.25, 0.3) is 11.3 Å². The highest BCUT2D eigenvalue weighted by Crippen LogP contribution is 2.26. The van der Waals surface area contributed by atoms with E-state index in [-0.39, 0.29) is 0 Å². The average Bonchev–Trinajstić information content (AvgIpc) is 2.80. The molecule has 18 heavy (non-hydrogen) atoms. The van der Waals surface area contributed by atoms with Crippen molar-refractivity contribution in [3.63, 3.8) is 0 Å². The van der Waals surface area contributed by atoms with E-state index in [1.165, 1.54) is 0 Å². The van der Waals surface area contributed by atoms with E-state index in [0.29, 0.717) is 12.0 Å². The van der Waals surface area contributed by atoms with Crippen LogP contribution in [0.3, 0.4) is 0 Å². The summed E-state index contributed by atoms with van der Waals surface area (Å²) in [6.45, 7) is 1.94. The van der Waals surface area contributed by atoms with Gasteiger partial charge in [-0.3, -0.25) is 0 Å². The molecule has 94 valence electrons. The number of thiophene rings is 1. The molecule has 0 aliphatic carbocycles. The van der Waals surface area contributed by atoms with E-state index in [4.69, 9.17) is 5.73 Å². The molecule has 0 saturated carbocycles. The minimum atomic E-state index is 0.335. The fourth-order valence-electron chi connectivity index (χ4n) is 2.02. The van der Waals surface area contributed by atoms with Crippen LogP contribution < -0.4 is 16.0 Å². The molecule has 2 aromatic heterocycles. The quantitative estimate of drug-likeness (QED) is 0.869. The highest BCUT2D eigenvalue weighted by molar-refractivity contribution is 7.08. The second-order valence-corrected chi connectivity index (χ2v) is 5.15. The predicted octanol–water partition coefficient (Wildman–Crippen LogP) is 1.20. The standard InChI is InChI=1S/C12H15N5S/c1-14-9-5-17(6-9)11-4-10(15-12(13)16-11)8-2-3-18-7-8/h2-4,7,9,14H,5-6H2,1H3,(H2,13,15,16). The third-order valence-electron chi connectivity index (χ3n) is 3.16. The molecule has 1 aliphatic rings. The van der Waals surface area contributed by atoms with Gasteiger partial charge in [0.25, 0.3) is 0 Å². The fourth-order valence-corrected chi connectivity index (χ4v) is 2.67. The van der Waals surface area contributed by atoms with Gasteiger partial charge in [0.1, 0.15) is 5.82 Å². The monoisotopic (exact) mass is 261 g/mol. The highest BCUT2D eigenvalue weighted by Gasteiger charge is 2.26. The van der Waals surface area contributed by atoms with Gasteiger partial charge in [0.2, 0.25) is 5.95 Å². The zero-order chi connectivity index (χ0) is 12.5. The van der Waals surface area contributed by atoms with Crippen LogP contribution in [0.15, 0.2) is 22.9 Å². The average molecular weight is 261 g/mol. The molecule has 0 spiro atoms. The largest absolute Gasteiger partial charge is 0.368 e. The Morgan fingerprint density at radius 3 is 2.94 bits per heavy atom. The first-order valence-corrected chi connectivity index (χ1v) is 6.80. The zero-order valence-corrected chi connectivity index (χ0v) is 10.9. The van der Waals surface area contributed by atoms with Crippen LogP contribution >= 0.6 is 11.3 Å². The number of aromatic nitrogens is 2. The number of hydrogen-bond donors (Lipinski definition) is 2. The smallest absolute Gasteiger partial charge is 0.222 e. The molecule has 1 saturated heterocycles. The number of rotatable bonds is 3. The van der Waals surface area contributed by atoms with Crippen LogP contribution in [0.2, 0.25) is 0 Å². The van der Waals surface area contributed by atoms with Crippen LogP contribution in [-0.4, -0.2) is 36.1 Å². The van der Waals surface area contributed by atoms with Crippen molar-refractivity contribution in [2.24, 2.45) is 0 Å². The number of nitrogen functional groups attached to an aromatic ring is 1. The van der Waals surface area contributed by atoms with Crippen LogP contribution in [0.1, 0.15) is 0 Å². The van der Waals surface area contributed by atoms with E-state index < -0.39 is 0 Å². The normalized spacial score (nSPS) is 15.7. The Labute approximate surface area is 110 Å². The SMILES string of the molecule is CNC1CN(c2cc(-c3ccsc3)nc(N)n2)C1. The fraction of sp³-hybridized carbons (Fsp3) is 0.333. The van der Waals surface area contributed by atoms with Crippen LogP contribution in [-0.2, 0) is 0 Å². The molecule has 5 nitrogen and oxygen atoms in total. The molecule has 3 N–H and O–H groups in total. The summed E-state index contributed by atoms with van der Waals surface area (Å²) in [6.07, 6.45) is 0. The number of nitrogens with two attached hydrogens (primary N) is 1. The van der Waals surface area contributed by atoms with Crippen LogP contribution in [0.5, 0.6) is 0 Å². The lowest BCUT2D eigenvalue weighted by Gasteiger charge is -2.40. The molecule has 2 aromatic rings. The summed E-state index contributed by atoms with van der Waals surface area (Å²) >= 11 is 1.65. The number of anilines is 2. The molecule has 0 atom stereocenters. The summed E-state index contributed by atoms with van der Waals surface area (Å²) in [6, 6.07) is 4.60. The summed E-state index contributed by atoms with van der Waals surface area (Å²) in [5, 5.41) is 7.35. The maximum atomic E-state index is 5.79. The molecule has 0 radical (unpaired) electrons. The van der Waals surface area contributed by atoms with E-state index in [1.807, 2.05) is 24.6 Å². The molecular weight excluding hydrogens is 246 g/mol. The lowest BCUT2D eigenvalue weighted by molar-refractivity contribution is 0.447. The van der Waals surface area contributed by atoms with E-state index in [2.05, 4.69) is 25.6 Å². The van der Waals surface area contributed by atoms with Crippen molar-refractivity contribution in [3.05, 3.63) is 22.9 Å². The molecule has 3 heterocycles. The highest BCUT2D eigenvalue weighted by atomic mass is 32.1. The Morgan fingerprint density at radius 1 is 1.44 bits per heavy atom. The molecule has 1 aliphatic heterocycles. The van der Waals surface area contributed by atoms with E-state index in [9.17, 15) is 0 Å². The molecule has 1 fully saturated rings. The Hall–Kier alpha value is -1.66. The first kappa shape index (κ1) is 11.4. The first-order chi connectivity index (χ1) is 8.76. The summed E-state index contributed by atoms with van der Waals surface area (Å²) in [7, 11) is 1.98. The number of hydrogen-bond acceptors (Lipinski definition) is 6. The van der Waals surface area contributed by atoms with Crippen molar-refractivity contribution in [2.75, 3.05) is 30.8 Å². The Kier molecular flexibility index (Phi) is 2.89. The lowest BCUT2D eigenvalue weighted by Crippen LogP contribution is -2.57. The minimum Gasteiger partial charge on any atom is -0.368 e. The summed E-state index contributed by atoms with van der Waals surface area (Å²) in [5.74, 6) is 1.25. The summed E-state index contributed by atoms with van der Waals surface area (Å²) in [5.41, 5.74) is 7.78. The number of likely N-dealkylation sites (N-methyl/N-ethyl adjacent to an activating group) is 1. The number of nitrogens with zero attached hydrogens (tertiary/aromatic N) is 3. The Morgan fingerprint density at radius 2 is 2.28 bits per heavy atom. The topological polar surface area (TPSA) is 67.1 Å². The Balaban J connectivity index is 1.88. The van der Waals surface area contributed by atoms with Crippen molar-refractivity contribution < 1.29 is 0 Å². The molecule has 0 amide bonds. The van der Waals surface area contributed by atoms with E-state index in [1.54, 1.807) is 11.3 Å². The predicted molar refractivity (Wildman–Crippen MR) is 74.8 cm³/mol. The van der Waals surface area contributed by atoms with Crippen molar-refractivity contribution in [2.45, 2.75) is 6.04 Å². The lowest BCUT2D eigenvalue weighted by atomic mass is 10.1. The second-order valence-electron chi connectivity index (χ2n) is 4.37. The maximum Gasteiger partial charge on any atom is 0.222 e. The van der Waals surface area contributed by atoms with Gasteiger partial charge < -0.3 is 16.0 Å². The maximum absolute atomic E-state index is 5.79. The van der Waals surface area contributed by atoms with Crippen molar-refractivity contribution >= 4 is 23.1 Å². The van der Waals surface area contributed by atoms with Crippen LogP contribution in [0.4, 0.5) is 11.8 Å². The molecule has 0 unspecified atom stereocenters. The van der Waals surface area contributed by atoms with Gasteiger partial charge in [0.15, 0.2) is 0 Å². The van der Waals surface area contributed by atoms with Gasteiger partial charge in [0.05, 0.1) is 5.69 Å². The van der Waals surface area contributed by atoms with Gasteiger partial charge in [-0.25, -0.2) is 4.98 Å². The van der Waals surface area contributed by atoms with Gasteiger partial charge in [0, 0.05) is 36.1 Å². The van der Waals surface area contributed by atoms with Gasteiger partial charge >= 0.3 is 0 Å². The van der Waals surface area contributed by atoms with Gasteiger partial charge in [-0.15, -0.1) is 0 Å². The van der Waals surface area contributed by atoms with E-state index >= 15 is 0 Å². The van der Waals surface area contributed by atoms with Gasteiger partial charge in [-0.2, -0.15) is 16.3 Å². The van der Waals surface area contributed by atoms with E-state index in [0.717, 1.165) is 30.2 Å². The minimum absolute atomic E-state index is 0.335. The summed E-state index contributed by atoms with van der Waals surface area (Å²) in [4.78, 5) is 10.8. The van der Waals surface area contributed by atoms with Crippen molar-refractivity contribution in [3.8, 4) is 11.3 Å². The molecule has 6 heteroatoms. The zero-order valence-electron chi connectivity index (χ0n) is 10.1. The van der Waals surface area contributed by atoms with Crippen molar-refractivity contribution in [1.82, 2.24) is 15.3 Å². The number of nitrogens with one attached hydrogen (secondary N) is 1. The summed E-state index contributed by atoms with van der Waals surface area (Å²) < 4.78 is 0. The molecule has 0 aromatic carbocycles. The third kappa shape index (κ3) is 2.04. The van der Waals surface area contributed by atoms with Crippen molar-refractivity contribution in [1.29, 1.82) is 0 Å². The molecule has 3 rings (SSSR count). The second kappa shape index (κ2) is 4.55. The third-order valence-corrected chi connectivity index (χ3v) is 3.84. The molecule has 0 bridgehead atoms. The molecular formula is C12H15N5S. The van der Waals surface area contributed by atoms with Gasteiger partial charge in [-0.05, 0) is 18.5 Å². The van der Waals surface area contributed by atoms with Crippen LogP contribution in [0, 0.1) is 0 Å². The Bertz CT molecular complexity index is 533. The first-order valence-electron chi connectivity index (χ1n) is 5.85. The van der Waals surface area contributed by atoms with Gasteiger partial charge in [-0.1, -0.05) is 0 Å².